The number of carboxylic acids is 1. The molecule has 0 radical (unpaired) electrons. The number of hydrogen-bond donors (Lipinski definition) is 1. The molecule has 1 aromatic carbocycles. The normalized spacial score (nSPS) is 21.2. The summed E-state index contributed by atoms with van der Waals surface area (Å²) in [6.45, 7) is 0.724. The zero-order valence-corrected chi connectivity index (χ0v) is 12.5. The highest BCUT2D eigenvalue weighted by Gasteiger charge is 2.34. The molecule has 2 rings (SSSR count). The van der Waals surface area contributed by atoms with E-state index in [-0.39, 0.29) is 17.7 Å². The second kappa shape index (κ2) is 7.25. The molecule has 0 heterocycles. The molecule has 1 N–H and O–H groups in total. The summed E-state index contributed by atoms with van der Waals surface area (Å²) < 4.78 is 0. The van der Waals surface area contributed by atoms with Crippen LogP contribution in [0.4, 0.5) is 0 Å². The molecule has 0 aliphatic heterocycles. The molecule has 0 bridgehead atoms. The van der Waals surface area contributed by atoms with Gasteiger partial charge in [0.05, 0.1) is 5.92 Å². The fourth-order valence-corrected chi connectivity index (χ4v) is 3.02. The molecule has 114 valence electrons. The van der Waals surface area contributed by atoms with Gasteiger partial charge in [0, 0.05) is 19.5 Å². The van der Waals surface area contributed by atoms with Gasteiger partial charge in [-0.1, -0.05) is 30.3 Å². The summed E-state index contributed by atoms with van der Waals surface area (Å²) in [6.07, 6.45) is 3.72. The minimum Gasteiger partial charge on any atom is -0.481 e. The average molecular weight is 289 g/mol. The highest BCUT2D eigenvalue weighted by atomic mass is 16.4. The summed E-state index contributed by atoms with van der Waals surface area (Å²) in [6, 6.07) is 10.2. The van der Waals surface area contributed by atoms with Crippen molar-refractivity contribution >= 4 is 11.9 Å². The third-order valence-electron chi connectivity index (χ3n) is 4.31. The van der Waals surface area contributed by atoms with Crippen LogP contribution < -0.4 is 0 Å². The maximum Gasteiger partial charge on any atom is 0.306 e. The Hall–Kier alpha value is -1.84. The van der Waals surface area contributed by atoms with Crippen molar-refractivity contribution in [1.29, 1.82) is 0 Å². The standard InChI is InChI=1S/C17H23NO3/c1-18(11-5-8-13-6-3-2-4-7-13)16(19)14-9-10-15(12-14)17(20)21/h2-4,6-7,14-15H,5,8-12H2,1H3,(H,20,21)/t14-,15+/m1/s1. The molecule has 1 aliphatic carbocycles. The Morgan fingerprint density at radius 1 is 1.19 bits per heavy atom. The van der Waals surface area contributed by atoms with Crippen molar-refractivity contribution in [2.75, 3.05) is 13.6 Å². The Kier molecular flexibility index (Phi) is 5.37. The molecule has 1 fully saturated rings. The fraction of sp³-hybridized carbons (Fsp3) is 0.529. The second-order valence-corrected chi connectivity index (χ2v) is 5.89. The van der Waals surface area contributed by atoms with Gasteiger partial charge in [-0.05, 0) is 37.7 Å². The van der Waals surface area contributed by atoms with Crippen LogP contribution in [0.1, 0.15) is 31.2 Å². The molecule has 0 unspecified atom stereocenters. The number of aryl methyl sites for hydroxylation is 1. The van der Waals surface area contributed by atoms with Crippen molar-refractivity contribution in [3.05, 3.63) is 35.9 Å². The highest BCUT2D eigenvalue weighted by Crippen LogP contribution is 2.32. The summed E-state index contributed by atoms with van der Waals surface area (Å²) in [4.78, 5) is 25.0. The van der Waals surface area contributed by atoms with Gasteiger partial charge in [-0.2, -0.15) is 0 Å². The van der Waals surface area contributed by atoms with Crippen LogP contribution in [-0.2, 0) is 16.0 Å². The van der Waals surface area contributed by atoms with Gasteiger partial charge in [0.25, 0.3) is 0 Å². The second-order valence-electron chi connectivity index (χ2n) is 5.89. The van der Waals surface area contributed by atoms with Crippen molar-refractivity contribution < 1.29 is 14.7 Å². The van der Waals surface area contributed by atoms with Gasteiger partial charge in [-0.15, -0.1) is 0 Å². The van der Waals surface area contributed by atoms with E-state index in [4.69, 9.17) is 5.11 Å². The molecule has 0 spiro atoms. The third-order valence-corrected chi connectivity index (χ3v) is 4.31. The van der Waals surface area contributed by atoms with Gasteiger partial charge < -0.3 is 10.0 Å². The molecule has 0 saturated heterocycles. The predicted molar refractivity (Wildman–Crippen MR) is 80.9 cm³/mol. The van der Waals surface area contributed by atoms with Crippen LogP contribution in [-0.4, -0.2) is 35.5 Å². The number of carbonyl (C=O) groups excluding carboxylic acids is 1. The van der Waals surface area contributed by atoms with Crippen molar-refractivity contribution in [2.24, 2.45) is 11.8 Å². The maximum atomic E-state index is 12.3. The molecule has 1 amide bonds. The first-order valence-corrected chi connectivity index (χ1v) is 7.59. The lowest BCUT2D eigenvalue weighted by Crippen LogP contribution is -2.33. The van der Waals surface area contributed by atoms with E-state index in [1.165, 1.54) is 5.56 Å². The van der Waals surface area contributed by atoms with Gasteiger partial charge in [-0.25, -0.2) is 0 Å². The minimum absolute atomic E-state index is 0.104. The zero-order valence-electron chi connectivity index (χ0n) is 12.5. The lowest BCUT2D eigenvalue weighted by Gasteiger charge is -2.21. The molecule has 21 heavy (non-hydrogen) atoms. The van der Waals surface area contributed by atoms with E-state index < -0.39 is 5.97 Å². The van der Waals surface area contributed by atoms with Crippen molar-refractivity contribution in [1.82, 2.24) is 4.90 Å². The summed E-state index contributed by atoms with van der Waals surface area (Å²) in [7, 11) is 1.82. The predicted octanol–water partition coefficient (Wildman–Crippen LogP) is 2.58. The zero-order chi connectivity index (χ0) is 15.2. The molecule has 4 heteroatoms. The molecule has 4 nitrogen and oxygen atoms in total. The monoisotopic (exact) mass is 289 g/mol. The van der Waals surface area contributed by atoms with Crippen LogP contribution in [0.3, 0.4) is 0 Å². The molecule has 1 saturated carbocycles. The molecule has 2 atom stereocenters. The topological polar surface area (TPSA) is 57.6 Å². The number of aliphatic carboxylic acids is 1. The Morgan fingerprint density at radius 3 is 2.48 bits per heavy atom. The van der Waals surface area contributed by atoms with Gasteiger partial charge >= 0.3 is 5.97 Å². The number of benzene rings is 1. The Balaban J connectivity index is 1.74. The lowest BCUT2D eigenvalue weighted by molar-refractivity contribution is -0.141. The SMILES string of the molecule is CN(CCCc1ccccc1)C(=O)[C@@H]1CC[C@H](C(=O)O)C1. The van der Waals surface area contributed by atoms with E-state index in [0.717, 1.165) is 19.4 Å². The molecule has 1 aromatic rings. The van der Waals surface area contributed by atoms with Gasteiger partial charge in [-0.3, -0.25) is 9.59 Å². The van der Waals surface area contributed by atoms with Crippen LogP contribution in [0.5, 0.6) is 0 Å². The summed E-state index contributed by atoms with van der Waals surface area (Å²) in [5.74, 6) is -1.10. The number of hydrogen-bond acceptors (Lipinski definition) is 2. The maximum absolute atomic E-state index is 12.3. The van der Waals surface area contributed by atoms with E-state index in [9.17, 15) is 9.59 Å². The number of rotatable bonds is 6. The molecule has 1 aliphatic rings. The van der Waals surface area contributed by atoms with Crippen molar-refractivity contribution in [3.63, 3.8) is 0 Å². The molecule has 0 aromatic heterocycles. The van der Waals surface area contributed by atoms with Gasteiger partial charge in [0.15, 0.2) is 0 Å². The first kappa shape index (κ1) is 15.5. The van der Waals surface area contributed by atoms with Gasteiger partial charge in [0.2, 0.25) is 5.91 Å². The van der Waals surface area contributed by atoms with Crippen LogP contribution >= 0.6 is 0 Å². The smallest absolute Gasteiger partial charge is 0.306 e. The van der Waals surface area contributed by atoms with E-state index in [2.05, 4.69) is 12.1 Å². The third kappa shape index (κ3) is 4.31. The quantitative estimate of drug-likeness (QED) is 0.875. The Bertz CT molecular complexity index is 486. The van der Waals surface area contributed by atoms with E-state index in [1.54, 1.807) is 4.90 Å². The van der Waals surface area contributed by atoms with E-state index in [1.807, 2.05) is 25.2 Å². The first-order chi connectivity index (χ1) is 10.1. The highest BCUT2D eigenvalue weighted by molar-refractivity contribution is 5.80. The summed E-state index contributed by atoms with van der Waals surface area (Å²) >= 11 is 0. The van der Waals surface area contributed by atoms with Crippen molar-refractivity contribution in [2.45, 2.75) is 32.1 Å². The fourth-order valence-electron chi connectivity index (χ4n) is 3.02. The lowest BCUT2D eigenvalue weighted by atomic mass is 10.0. The van der Waals surface area contributed by atoms with Crippen LogP contribution in [0.2, 0.25) is 0 Å². The number of carbonyl (C=O) groups is 2. The number of amides is 1. The number of carboxylic acid groups (broad SMARTS) is 1. The molecular weight excluding hydrogens is 266 g/mol. The minimum atomic E-state index is -0.767. The largest absolute Gasteiger partial charge is 0.481 e. The number of nitrogens with zero attached hydrogens (tertiary/aromatic N) is 1. The average Bonchev–Trinajstić information content (AvgIpc) is 2.97. The van der Waals surface area contributed by atoms with Crippen LogP contribution in [0.25, 0.3) is 0 Å². The summed E-state index contributed by atoms with van der Waals surface area (Å²) in [5, 5.41) is 8.99. The van der Waals surface area contributed by atoms with E-state index >= 15 is 0 Å². The Labute approximate surface area is 125 Å². The van der Waals surface area contributed by atoms with Crippen molar-refractivity contribution in [3.8, 4) is 0 Å². The van der Waals surface area contributed by atoms with Crippen LogP contribution in [0, 0.1) is 11.8 Å². The van der Waals surface area contributed by atoms with Crippen LogP contribution in [0.15, 0.2) is 30.3 Å². The van der Waals surface area contributed by atoms with E-state index in [0.29, 0.717) is 19.3 Å². The first-order valence-electron chi connectivity index (χ1n) is 7.59. The Morgan fingerprint density at radius 2 is 1.86 bits per heavy atom. The van der Waals surface area contributed by atoms with Gasteiger partial charge in [0.1, 0.15) is 0 Å². The summed E-state index contributed by atoms with van der Waals surface area (Å²) in [5.41, 5.74) is 1.28. The molecular formula is C17H23NO3.